The van der Waals surface area contributed by atoms with E-state index in [1.165, 1.54) is 17.7 Å². The lowest BCUT2D eigenvalue weighted by Crippen LogP contribution is -2.33. The van der Waals surface area contributed by atoms with Crippen LogP contribution in [-0.4, -0.2) is 11.7 Å². The highest BCUT2D eigenvalue weighted by atomic mass is 19.1. The van der Waals surface area contributed by atoms with E-state index in [9.17, 15) is 9.18 Å². The summed E-state index contributed by atoms with van der Waals surface area (Å²) in [4.78, 5) is 19.9. The summed E-state index contributed by atoms with van der Waals surface area (Å²) < 4.78 is 13.3. The molecule has 4 rings (SSSR count). The SMILES string of the molecule is CCCCc1ccc(C2=N/C(=C\c3ccc(F)cc3)C(=O)N2c2ccc(C)cc2C)cc1. The number of hydrogen-bond acceptors (Lipinski definition) is 2. The average molecular weight is 427 g/mol. The predicted molar refractivity (Wildman–Crippen MR) is 129 cm³/mol. The minimum Gasteiger partial charge on any atom is -0.266 e. The van der Waals surface area contributed by atoms with Crippen molar-refractivity contribution in [3.8, 4) is 0 Å². The topological polar surface area (TPSA) is 32.7 Å². The van der Waals surface area contributed by atoms with Crippen molar-refractivity contribution in [1.82, 2.24) is 0 Å². The lowest BCUT2D eigenvalue weighted by atomic mass is 10.0. The van der Waals surface area contributed by atoms with Gasteiger partial charge in [0.05, 0.1) is 5.69 Å². The monoisotopic (exact) mass is 426 g/mol. The van der Waals surface area contributed by atoms with Gasteiger partial charge in [-0.2, -0.15) is 0 Å². The number of nitrogens with zero attached hydrogens (tertiary/aromatic N) is 2. The number of anilines is 1. The molecule has 0 radical (unpaired) electrons. The van der Waals surface area contributed by atoms with Crippen LogP contribution >= 0.6 is 0 Å². The Bertz CT molecular complexity index is 1190. The normalized spacial score (nSPS) is 14.9. The number of hydrogen-bond donors (Lipinski definition) is 0. The van der Waals surface area contributed by atoms with Crippen molar-refractivity contribution in [1.29, 1.82) is 0 Å². The zero-order valence-electron chi connectivity index (χ0n) is 18.7. The second-order valence-corrected chi connectivity index (χ2v) is 8.25. The zero-order chi connectivity index (χ0) is 22.7. The summed E-state index contributed by atoms with van der Waals surface area (Å²) in [5.41, 5.74) is 6.20. The smallest absolute Gasteiger partial charge is 0.266 e. The van der Waals surface area contributed by atoms with E-state index in [-0.39, 0.29) is 11.7 Å². The number of aryl methyl sites for hydroxylation is 3. The molecule has 0 atom stereocenters. The molecule has 0 aromatic heterocycles. The Hall–Kier alpha value is -3.53. The number of unbranched alkanes of at least 4 members (excludes halogenated alkanes) is 1. The second kappa shape index (κ2) is 9.31. The average Bonchev–Trinajstić information content (AvgIpc) is 3.10. The third-order valence-electron chi connectivity index (χ3n) is 5.66. The van der Waals surface area contributed by atoms with Crippen LogP contribution in [0.3, 0.4) is 0 Å². The molecule has 1 aliphatic heterocycles. The fourth-order valence-corrected chi connectivity index (χ4v) is 3.91. The van der Waals surface area contributed by atoms with Gasteiger partial charge in [0.2, 0.25) is 0 Å². The van der Waals surface area contributed by atoms with Gasteiger partial charge < -0.3 is 0 Å². The molecule has 3 nitrogen and oxygen atoms in total. The van der Waals surface area contributed by atoms with E-state index >= 15 is 0 Å². The molecule has 0 N–H and O–H groups in total. The minimum absolute atomic E-state index is 0.189. The van der Waals surface area contributed by atoms with E-state index in [1.807, 2.05) is 38.1 Å². The van der Waals surface area contributed by atoms with Crippen LogP contribution in [0.2, 0.25) is 0 Å². The molecule has 1 amide bonds. The summed E-state index contributed by atoms with van der Waals surface area (Å²) in [6, 6.07) is 20.4. The first-order valence-electron chi connectivity index (χ1n) is 11.0. The number of halogens is 1. The summed E-state index contributed by atoms with van der Waals surface area (Å²) >= 11 is 0. The van der Waals surface area contributed by atoms with E-state index in [2.05, 4.69) is 25.1 Å². The van der Waals surface area contributed by atoms with Crippen LogP contribution in [0.4, 0.5) is 10.1 Å². The van der Waals surface area contributed by atoms with Crippen molar-refractivity contribution < 1.29 is 9.18 Å². The summed E-state index contributed by atoms with van der Waals surface area (Å²) in [6.45, 7) is 6.22. The van der Waals surface area contributed by atoms with Crippen LogP contribution in [-0.2, 0) is 11.2 Å². The van der Waals surface area contributed by atoms with Gasteiger partial charge in [0.25, 0.3) is 5.91 Å². The summed E-state index contributed by atoms with van der Waals surface area (Å²) in [5, 5.41) is 0. The van der Waals surface area contributed by atoms with Gasteiger partial charge in [-0.3, -0.25) is 9.69 Å². The first-order valence-corrected chi connectivity index (χ1v) is 11.0. The molecule has 0 unspecified atom stereocenters. The van der Waals surface area contributed by atoms with Gasteiger partial charge in [-0.05, 0) is 67.7 Å². The van der Waals surface area contributed by atoms with Gasteiger partial charge in [0, 0.05) is 5.56 Å². The second-order valence-electron chi connectivity index (χ2n) is 8.25. The predicted octanol–water partition coefficient (Wildman–Crippen LogP) is 6.62. The van der Waals surface area contributed by atoms with Crippen molar-refractivity contribution in [2.24, 2.45) is 4.99 Å². The lowest BCUT2D eigenvalue weighted by molar-refractivity contribution is -0.113. The standard InChI is InChI=1S/C28H27FN2O/c1-4-5-6-21-8-12-23(13-9-21)27-30-25(18-22-10-14-24(29)15-11-22)28(32)31(27)26-16-7-19(2)17-20(26)3/h7-18H,4-6H2,1-3H3/b25-18-. The maximum absolute atomic E-state index is 13.5. The highest BCUT2D eigenvalue weighted by molar-refractivity contribution is 6.33. The Kier molecular flexibility index (Phi) is 6.31. The number of amides is 1. The Labute approximate surface area is 188 Å². The number of amidine groups is 1. The Morgan fingerprint density at radius 2 is 1.69 bits per heavy atom. The molecule has 0 fully saturated rings. The van der Waals surface area contributed by atoms with Gasteiger partial charge in [0.1, 0.15) is 17.3 Å². The Morgan fingerprint density at radius 1 is 0.969 bits per heavy atom. The van der Waals surface area contributed by atoms with Gasteiger partial charge in [-0.25, -0.2) is 9.38 Å². The summed E-state index contributed by atoms with van der Waals surface area (Å²) in [7, 11) is 0. The molecule has 1 aliphatic rings. The van der Waals surface area contributed by atoms with Crippen molar-refractivity contribution in [2.75, 3.05) is 4.90 Å². The number of carbonyl (C=O) groups is 1. The number of aliphatic imine (C=N–C) groups is 1. The van der Waals surface area contributed by atoms with E-state index in [0.29, 0.717) is 11.5 Å². The molecule has 0 spiro atoms. The molecule has 3 aromatic rings. The number of benzene rings is 3. The largest absolute Gasteiger partial charge is 0.282 e. The lowest BCUT2D eigenvalue weighted by Gasteiger charge is -2.21. The first-order chi connectivity index (χ1) is 15.5. The van der Waals surface area contributed by atoms with Gasteiger partial charge in [-0.15, -0.1) is 0 Å². The molecule has 4 heteroatoms. The van der Waals surface area contributed by atoms with Crippen LogP contribution < -0.4 is 4.90 Å². The Balaban J connectivity index is 1.77. The highest BCUT2D eigenvalue weighted by Gasteiger charge is 2.33. The molecular formula is C28H27FN2O. The molecule has 0 bridgehead atoms. The molecule has 32 heavy (non-hydrogen) atoms. The van der Waals surface area contributed by atoms with Gasteiger partial charge in [0.15, 0.2) is 0 Å². The molecule has 0 saturated heterocycles. The van der Waals surface area contributed by atoms with E-state index in [0.717, 1.165) is 47.2 Å². The van der Waals surface area contributed by atoms with Crippen LogP contribution in [0.1, 0.15) is 47.6 Å². The van der Waals surface area contributed by atoms with E-state index in [4.69, 9.17) is 4.99 Å². The third-order valence-corrected chi connectivity index (χ3v) is 5.66. The maximum Gasteiger partial charge on any atom is 0.282 e. The minimum atomic E-state index is -0.311. The first kappa shape index (κ1) is 21.7. The van der Waals surface area contributed by atoms with E-state index < -0.39 is 0 Å². The summed E-state index contributed by atoms with van der Waals surface area (Å²) in [6.07, 6.45) is 5.05. The third kappa shape index (κ3) is 4.54. The molecule has 162 valence electrons. The van der Waals surface area contributed by atoms with Gasteiger partial charge in [-0.1, -0.05) is 67.4 Å². The van der Waals surface area contributed by atoms with Crippen LogP contribution in [0.5, 0.6) is 0 Å². The molecule has 0 aliphatic carbocycles. The zero-order valence-corrected chi connectivity index (χ0v) is 18.7. The van der Waals surface area contributed by atoms with Crippen LogP contribution in [0, 0.1) is 19.7 Å². The van der Waals surface area contributed by atoms with Crippen LogP contribution in [0.25, 0.3) is 6.08 Å². The maximum atomic E-state index is 13.5. The van der Waals surface area contributed by atoms with Gasteiger partial charge >= 0.3 is 0 Å². The van der Waals surface area contributed by atoms with Crippen molar-refractivity contribution in [3.63, 3.8) is 0 Å². The van der Waals surface area contributed by atoms with E-state index in [1.54, 1.807) is 23.1 Å². The van der Waals surface area contributed by atoms with Crippen molar-refractivity contribution >= 4 is 23.5 Å². The van der Waals surface area contributed by atoms with Crippen molar-refractivity contribution in [2.45, 2.75) is 40.0 Å². The molecular weight excluding hydrogens is 399 g/mol. The molecule has 1 heterocycles. The number of carbonyl (C=O) groups excluding carboxylic acids is 1. The van der Waals surface area contributed by atoms with Crippen molar-refractivity contribution in [3.05, 3.63) is 106 Å². The Morgan fingerprint density at radius 3 is 2.34 bits per heavy atom. The van der Waals surface area contributed by atoms with Crippen LogP contribution in [0.15, 0.2) is 77.4 Å². The number of rotatable bonds is 6. The highest BCUT2D eigenvalue weighted by Crippen LogP contribution is 2.31. The quantitative estimate of drug-likeness (QED) is 0.408. The fraction of sp³-hybridized carbons (Fsp3) is 0.214. The molecule has 3 aromatic carbocycles. The summed E-state index contributed by atoms with van der Waals surface area (Å²) in [5.74, 6) is 0.109. The fourth-order valence-electron chi connectivity index (χ4n) is 3.91. The molecule has 0 saturated carbocycles.